The number of halogens is 1. The van der Waals surface area contributed by atoms with Crippen LogP contribution in [-0.2, 0) is 4.79 Å². The number of methoxy groups -OCH3 is 1. The lowest BCUT2D eigenvalue weighted by atomic mass is 9.86. The molecular weight excluding hydrogens is 308 g/mol. The second-order valence-corrected chi connectivity index (χ2v) is 5.87. The highest BCUT2D eigenvalue weighted by Gasteiger charge is 2.27. The van der Waals surface area contributed by atoms with Crippen LogP contribution in [-0.4, -0.2) is 30.1 Å². The van der Waals surface area contributed by atoms with Crippen LogP contribution in [0.1, 0.15) is 36.0 Å². The zero-order valence-electron chi connectivity index (χ0n) is 12.3. The molecule has 1 saturated carbocycles. The minimum Gasteiger partial charge on any atom is -0.494 e. The Hall–Kier alpha value is -1.95. The Morgan fingerprint density at radius 1 is 1.32 bits per heavy atom. The number of primary amides is 1. The van der Waals surface area contributed by atoms with Crippen molar-refractivity contribution >= 4 is 29.2 Å². The smallest absolute Gasteiger partial charge is 0.306 e. The van der Waals surface area contributed by atoms with E-state index in [1.165, 1.54) is 13.2 Å². The predicted molar refractivity (Wildman–Crippen MR) is 83.5 cm³/mol. The predicted octanol–water partition coefficient (Wildman–Crippen LogP) is 2.50. The van der Waals surface area contributed by atoms with E-state index in [4.69, 9.17) is 27.2 Å². The van der Waals surface area contributed by atoms with Crippen LogP contribution in [0.5, 0.6) is 5.75 Å². The van der Waals surface area contributed by atoms with Gasteiger partial charge in [0.05, 0.1) is 24.3 Å². The van der Waals surface area contributed by atoms with Crippen molar-refractivity contribution < 1.29 is 19.4 Å². The van der Waals surface area contributed by atoms with Crippen LogP contribution in [0.3, 0.4) is 0 Å². The highest BCUT2D eigenvalue weighted by molar-refractivity contribution is 6.31. The molecule has 1 fully saturated rings. The number of nitrogens with two attached hydrogens (primary N) is 1. The number of aliphatic carboxylic acids is 1. The summed E-state index contributed by atoms with van der Waals surface area (Å²) in [7, 11) is 1.46. The Morgan fingerprint density at radius 3 is 2.45 bits per heavy atom. The molecule has 4 N–H and O–H groups in total. The van der Waals surface area contributed by atoms with Gasteiger partial charge in [0.25, 0.3) is 5.91 Å². The summed E-state index contributed by atoms with van der Waals surface area (Å²) in [5.41, 5.74) is 6.16. The largest absolute Gasteiger partial charge is 0.494 e. The molecule has 1 aliphatic carbocycles. The van der Waals surface area contributed by atoms with E-state index in [9.17, 15) is 9.59 Å². The molecule has 1 amide bonds. The molecule has 0 unspecified atom stereocenters. The normalized spacial score (nSPS) is 21.2. The van der Waals surface area contributed by atoms with Crippen LogP contribution in [0, 0.1) is 5.92 Å². The van der Waals surface area contributed by atoms with Crippen molar-refractivity contribution in [1.29, 1.82) is 0 Å². The maximum absolute atomic E-state index is 11.5. The third kappa shape index (κ3) is 3.62. The summed E-state index contributed by atoms with van der Waals surface area (Å²) in [6.45, 7) is 0. The number of hydrogen-bond donors (Lipinski definition) is 3. The van der Waals surface area contributed by atoms with Gasteiger partial charge in [-0.25, -0.2) is 0 Å². The Kier molecular flexibility index (Phi) is 5.13. The first-order chi connectivity index (χ1) is 10.4. The van der Waals surface area contributed by atoms with Crippen molar-refractivity contribution in [3.8, 4) is 5.75 Å². The van der Waals surface area contributed by atoms with Gasteiger partial charge in [-0.1, -0.05) is 11.6 Å². The van der Waals surface area contributed by atoms with Gasteiger partial charge < -0.3 is 20.9 Å². The molecule has 1 aliphatic rings. The van der Waals surface area contributed by atoms with E-state index < -0.39 is 11.9 Å². The summed E-state index contributed by atoms with van der Waals surface area (Å²) < 4.78 is 5.28. The van der Waals surface area contributed by atoms with Crippen LogP contribution in [0.15, 0.2) is 12.1 Å². The first-order valence-electron chi connectivity index (χ1n) is 7.09. The number of amides is 1. The number of benzene rings is 1. The van der Waals surface area contributed by atoms with Crippen LogP contribution in [0.2, 0.25) is 5.02 Å². The monoisotopic (exact) mass is 326 g/mol. The molecule has 0 aliphatic heterocycles. The fraction of sp³-hybridized carbons (Fsp3) is 0.467. The fourth-order valence-electron chi connectivity index (χ4n) is 2.81. The van der Waals surface area contributed by atoms with Crippen LogP contribution in [0.4, 0.5) is 5.69 Å². The molecule has 0 atom stereocenters. The Morgan fingerprint density at radius 2 is 1.95 bits per heavy atom. The summed E-state index contributed by atoms with van der Waals surface area (Å²) >= 11 is 6.02. The average Bonchev–Trinajstić information content (AvgIpc) is 2.47. The van der Waals surface area contributed by atoms with Gasteiger partial charge in [-0.2, -0.15) is 0 Å². The molecule has 1 aromatic rings. The topological polar surface area (TPSA) is 102 Å². The average molecular weight is 327 g/mol. The number of carbonyl (C=O) groups excluding carboxylic acids is 1. The molecule has 1 aromatic carbocycles. The van der Waals surface area contributed by atoms with Gasteiger partial charge in [0.15, 0.2) is 5.75 Å². The number of rotatable bonds is 5. The number of carbonyl (C=O) groups is 2. The lowest BCUT2D eigenvalue weighted by Crippen LogP contribution is -2.29. The molecule has 2 rings (SSSR count). The lowest BCUT2D eigenvalue weighted by Gasteiger charge is -2.28. The quantitative estimate of drug-likeness (QED) is 0.771. The molecule has 7 heteroatoms. The van der Waals surface area contributed by atoms with Gasteiger partial charge in [-0.05, 0) is 37.8 Å². The standard InChI is InChI=1S/C15H19ClN2O4/c1-22-13-11(14(17)19)6-9(16)7-12(13)18-10-4-2-8(3-5-10)15(20)21/h6-8,10,18H,2-5H2,1H3,(H2,17,19)(H,20,21). The van der Waals surface area contributed by atoms with Gasteiger partial charge in [-0.15, -0.1) is 0 Å². The van der Waals surface area contributed by atoms with Crippen LogP contribution >= 0.6 is 11.6 Å². The third-order valence-corrected chi connectivity index (χ3v) is 4.18. The molecule has 6 nitrogen and oxygen atoms in total. The fourth-order valence-corrected chi connectivity index (χ4v) is 3.03. The van der Waals surface area contributed by atoms with Crippen molar-refractivity contribution in [2.24, 2.45) is 11.7 Å². The van der Waals surface area contributed by atoms with Crippen molar-refractivity contribution in [2.75, 3.05) is 12.4 Å². The number of hydrogen-bond acceptors (Lipinski definition) is 4. The lowest BCUT2D eigenvalue weighted by molar-refractivity contribution is -0.142. The molecular formula is C15H19ClN2O4. The van der Waals surface area contributed by atoms with E-state index in [1.54, 1.807) is 6.07 Å². The number of ether oxygens (including phenoxy) is 1. The SMILES string of the molecule is COc1c(NC2CCC(C(=O)O)CC2)cc(Cl)cc1C(N)=O. The molecule has 0 aromatic heterocycles. The maximum Gasteiger partial charge on any atom is 0.306 e. The van der Waals surface area contributed by atoms with E-state index in [0.29, 0.717) is 29.3 Å². The number of carboxylic acid groups (broad SMARTS) is 1. The second kappa shape index (κ2) is 6.87. The highest BCUT2D eigenvalue weighted by Crippen LogP contribution is 2.35. The number of anilines is 1. The van der Waals surface area contributed by atoms with Gasteiger partial charge in [-0.3, -0.25) is 9.59 Å². The number of nitrogens with one attached hydrogen (secondary N) is 1. The van der Waals surface area contributed by atoms with E-state index in [0.717, 1.165) is 12.8 Å². The number of carboxylic acids is 1. The Balaban J connectivity index is 2.16. The van der Waals surface area contributed by atoms with Crippen LogP contribution in [0.25, 0.3) is 0 Å². The van der Waals surface area contributed by atoms with E-state index in [-0.39, 0.29) is 17.5 Å². The van der Waals surface area contributed by atoms with Crippen LogP contribution < -0.4 is 15.8 Å². The summed E-state index contributed by atoms with van der Waals surface area (Å²) in [6.07, 6.45) is 2.72. The van der Waals surface area contributed by atoms with E-state index in [2.05, 4.69) is 5.32 Å². The van der Waals surface area contributed by atoms with Gasteiger partial charge in [0.1, 0.15) is 0 Å². The molecule has 120 valence electrons. The highest BCUT2D eigenvalue weighted by atomic mass is 35.5. The van der Waals surface area contributed by atoms with Crippen molar-refractivity contribution in [1.82, 2.24) is 0 Å². The summed E-state index contributed by atoms with van der Waals surface area (Å²) in [5, 5.41) is 12.7. The Labute approximate surface area is 133 Å². The minimum atomic E-state index is -0.741. The zero-order chi connectivity index (χ0) is 16.3. The summed E-state index contributed by atoms with van der Waals surface area (Å²) in [5.74, 6) is -1.27. The molecule has 0 radical (unpaired) electrons. The van der Waals surface area contributed by atoms with E-state index in [1.807, 2.05) is 0 Å². The van der Waals surface area contributed by atoms with Crippen molar-refractivity contribution in [2.45, 2.75) is 31.7 Å². The van der Waals surface area contributed by atoms with Crippen molar-refractivity contribution in [3.63, 3.8) is 0 Å². The summed E-state index contributed by atoms with van der Waals surface area (Å²) in [4.78, 5) is 22.5. The van der Waals surface area contributed by atoms with E-state index >= 15 is 0 Å². The van der Waals surface area contributed by atoms with Crippen molar-refractivity contribution in [3.05, 3.63) is 22.7 Å². The molecule has 0 heterocycles. The van der Waals surface area contributed by atoms with Gasteiger partial charge >= 0.3 is 5.97 Å². The first kappa shape index (κ1) is 16.4. The van der Waals surface area contributed by atoms with Gasteiger partial charge in [0.2, 0.25) is 0 Å². The molecule has 0 saturated heterocycles. The molecule has 0 bridgehead atoms. The first-order valence-corrected chi connectivity index (χ1v) is 7.46. The third-order valence-electron chi connectivity index (χ3n) is 3.96. The zero-order valence-corrected chi connectivity index (χ0v) is 13.0. The second-order valence-electron chi connectivity index (χ2n) is 5.43. The Bertz CT molecular complexity index is 583. The van der Waals surface area contributed by atoms with Gasteiger partial charge in [0, 0.05) is 11.1 Å². The maximum atomic E-state index is 11.5. The summed E-state index contributed by atoms with van der Waals surface area (Å²) in [6, 6.07) is 3.26. The molecule has 0 spiro atoms. The molecule has 22 heavy (non-hydrogen) atoms. The minimum absolute atomic E-state index is 0.115.